The standard InChI is InChI=1S/C18H21NO/c1-18(2)9-7-13(8-10-18)17(20)15-11-14-5-3-4-6-16(14)19-12-15/h3-6,11-13H,7-10H2,1-2H3. The molecular formula is C18H21NO. The number of benzene rings is 1. The zero-order chi connectivity index (χ0) is 14.2. The van der Waals surface area contributed by atoms with Gasteiger partial charge in [0.05, 0.1) is 5.52 Å². The number of rotatable bonds is 2. The molecule has 0 radical (unpaired) electrons. The quantitative estimate of drug-likeness (QED) is 0.742. The average molecular weight is 267 g/mol. The van der Waals surface area contributed by atoms with Crippen LogP contribution in [0.25, 0.3) is 10.9 Å². The van der Waals surface area contributed by atoms with Crippen LogP contribution in [0, 0.1) is 11.3 Å². The third-order valence-corrected chi connectivity index (χ3v) is 4.58. The number of para-hydroxylation sites is 1. The molecule has 1 saturated carbocycles. The molecule has 1 heterocycles. The van der Waals surface area contributed by atoms with Crippen LogP contribution >= 0.6 is 0 Å². The molecule has 1 aromatic carbocycles. The van der Waals surface area contributed by atoms with Crippen molar-refractivity contribution in [2.45, 2.75) is 39.5 Å². The smallest absolute Gasteiger partial charge is 0.167 e. The van der Waals surface area contributed by atoms with E-state index in [9.17, 15) is 4.79 Å². The molecule has 0 amide bonds. The predicted molar refractivity (Wildman–Crippen MR) is 81.8 cm³/mol. The molecule has 0 saturated heterocycles. The average Bonchev–Trinajstić information content (AvgIpc) is 2.46. The van der Waals surface area contributed by atoms with Gasteiger partial charge in [0.2, 0.25) is 0 Å². The van der Waals surface area contributed by atoms with Crippen molar-refractivity contribution in [1.29, 1.82) is 0 Å². The first-order chi connectivity index (χ1) is 9.55. The monoisotopic (exact) mass is 267 g/mol. The fourth-order valence-electron chi connectivity index (χ4n) is 3.10. The second-order valence-corrected chi connectivity index (χ2v) is 6.72. The largest absolute Gasteiger partial charge is 0.294 e. The summed E-state index contributed by atoms with van der Waals surface area (Å²) < 4.78 is 0. The van der Waals surface area contributed by atoms with Crippen molar-refractivity contribution in [1.82, 2.24) is 4.98 Å². The Labute approximate surface area is 120 Å². The fraction of sp³-hybridized carbons (Fsp3) is 0.444. The molecule has 1 fully saturated rings. The van der Waals surface area contributed by atoms with Gasteiger partial charge in [0.15, 0.2) is 5.78 Å². The number of hydrogen-bond acceptors (Lipinski definition) is 2. The second-order valence-electron chi connectivity index (χ2n) is 6.72. The van der Waals surface area contributed by atoms with E-state index in [4.69, 9.17) is 0 Å². The molecule has 3 rings (SSSR count). The van der Waals surface area contributed by atoms with E-state index in [-0.39, 0.29) is 11.7 Å². The number of carbonyl (C=O) groups is 1. The van der Waals surface area contributed by atoms with Crippen molar-refractivity contribution >= 4 is 16.7 Å². The number of Topliss-reactive ketones (excluding diaryl/α,β-unsaturated/α-hetero) is 1. The van der Waals surface area contributed by atoms with E-state index in [1.54, 1.807) is 6.20 Å². The van der Waals surface area contributed by atoms with Crippen LogP contribution in [0.15, 0.2) is 36.5 Å². The highest BCUT2D eigenvalue weighted by Crippen LogP contribution is 2.39. The van der Waals surface area contributed by atoms with Gasteiger partial charge in [0.25, 0.3) is 0 Å². The van der Waals surface area contributed by atoms with Gasteiger partial charge in [-0.25, -0.2) is 0 Å². The normalized spacial score (nSPS) is 19.1. The van der Waals surface area contributed by atoms with Gasteiger partial charge in [-0.2, -0.15) is 0 Å². The van der Waals surface area contributed by atoms with E-state index in [1.165, 1.54) is 0 Å². The predicted octanol–water partition coefficient (Wildman–Crippen LogP) is 4.63. The van der Waals surface area contributed by atoms with Crippen LogP contribution in [0.1, 0.15) is 49.9 Å². The third kappa shape index (κ3) is 2.60. The summed E-state index contributed by atoms with van der Waals surface area (Å²) in [5.41, 5.74) is 2.13. The molecule has 0 spiro atoms. The number of nitrogens with zero attached hydrogens (tertiary/aromatic N) is 1. The van der Waals surface area contributed by atoms with E-state index in [0.717, 1.165) is 42.1 Å². The Bertz CT molecular complexity index is 635. The number of hydrogen-bond donors (Lipinski definition) is 0. The molecule has 0 unspecified atom stereocenters. The lowest BCUT2D eigenvalue weighted by atomic mass is 9.71. The fourth-order valence-corrected chi connectivity index (χ4v) is 3.10. The minimum absolute atomic E-state index is 0.186. The molecule has 0 N–H and O–H groups in total. The number of ketones is 1. The summed E-state index contributed by atoms with van der Waals surface area (Å²) in [7, 11) is 0. The Kier molecular flexibility index (Phi) is 3.33. The zero-order valence-corrected chi connectivity index (χ0v) is 12.2. The maximum atomic E-state index is 12.6. The van der Waals surface area contributed by atoms with Crippen LogP contribution < -0.4 is 0 Å². The number of fused-ring (bicyclic) bond motifs is 1. The van der Waals surface area contributed by atoms with Crippen LogP contribution in [0.2, 0.25) is 0 Å². The first-order valence-electron chi connectivity index (χ1n) is 7.44. The summed E-state index contributed by atoms with van der Waals surface area (Å²) in [5, 5.41) is 1.05. The first-order valence-corrected chi connectivity index (χ1v) is 7.44. The molecule has 2 nitrogen and oxygen atoms in total. The summed E-state index contributed by atoms with van der Waals surface area (Å²) >= 11 is 0. The Morgan fingerprint density at radius 3 is 2.65 bits per heavy atom. The van der Waals surface area contributed by atoms with Crippen molar-refractivity contribution in [2.75, 3.05) is 0 Å². The van der Waals surface area contributed by atoms with Crippen LogP contribution in [0.3, 0.4) is 0 Å². The van der Waals surface area contributed by atoms with Crippen molar-refractivity contribution in [3.63, 3.8) is 0 Å². The van der Waals surface area contributed by atoms with Gasteiger partial charge in [-0.05, 0) is 43.2 Å². The molecule has 0 aliphatic heterocycles. The molecule has 1 aliphatic carbocycles. The highest BCUT2D eigenvalue weighted by Gasteiger charge is 2.31. The minimum atomic E-state index is 0.186. The van der Waals surface area contributed by atoms with Crippen molar-refractivity contribution in [2.24, 2.45) is 11.3 Å². The maximum absolute atomic E-state index is 12.6. The highest BCUT2D eigenvalue weighted by molar-refractivity contribution is 6.00. The lowest BCUT2D eigenvalue weighted by molar-refractivity contribution is 0.0838. The van der Waals surface area contributed by atoms with Gasteiger partial charge in [0.1, 0.15) is 0 Å². The summed E-state index contributed by atoms with van der Waals surface area (Å²) in [5.74, 6) is 0.463. The molecular weight excluding hydrogens is 246 g/mol. The van der Waals surface area contributed by atoms with Crippen LogP contribution in [-0.4, -0.2) is 10.8 Å². The molecule has 0 atom stereocenters. The van der Waals surface area contributed by atoms with Crippen LogP contribution in [0.4, 0.5) is 0 Å². The molecule has 20 heavy (non-hydrogen) atoms. The Balaban J connectivity index is 1.82. The van der Waals surface area contributed by atoms with Crippen molar-refractivity contribution in [3.05, 3.63) is 42.1 Å². The summed E-state index contributed by atoms with van der Waals surface area (Å²) in [6, 6.07) is 9.95. The first kappa shape index (κ1) is 13.3. The van der Waals surface area contributed by atoms with Gasteiger partial charge < -0.3 is 0 Å². The van der Waals surface area contributed by atoms with E-state index in [2.05, 4.69) is 18.8 Å². The van der Waals surface area contributed by atoms with Crippen LogP contribution in [-0.2, 0) is 0 Å². The summed E-state index contributed by atoms with van der Waals surface area (Å²) in [6.07, 6.45) is 6.05. The Morgan fingerprint density at radius 2 is 1.90 bits per heavy atom. The summed E-state index contributed by atoms with van der Waals surface area (Å²) in [6.45, 7) is 4.59. The topological polar surface area (TPSA) is 30.0 Å². The van der Waals surface area contributed by atoms with Crippen molar-refractivity contribution in [3.8, 4) is 0 Å². The minimum Gasteiger partial charge on any atom is -0.294 e. The number of aromatic nitrogens is 1. The summed E-state index contributed by atoms with van der Waals surface area (Å²) in [4.78, 5) is 17.0. The molecule has 1 aliphatic rings. The Hall–Kier alpha value is -1.70. The van der Waals surface area contributed by atoms with E-state index in [1.807, 2.05) is 30.3 Å². The van der Waals surface area contributed by atoms with Crippen LogP contribution in [0.5, 0.6) is 0 Å². The third-order valence-electron chi connectivity index (χ3n) is 4.58. The van der Waals surface area contributed by atoms with Gasteiger partial charge in [-0.3, -0.25) is 9.78 Å². The lowest BCUT2D eigenvalue weighted by Crippen LogP contribution is -2.26. The number of carbonyl (C=O) groups excluding carboxylic acids is 1. The maximum Gasteiger partial charge on any atom is 0.167 e. The Morgan fingerprint density at radius 1 is 1.20 bits per heavy atom. The SMILES string of the molecule is CC1(C)CCC(C(=O)c2cnc3ccccc3c2)CC1. The number of pyridine rings is 1. The van der Waals surface area contributed by atoms with E-state index < -0.39 is 0 Å². The van der Waals surface area contributed by atoms with Crippen molar-refractivity contribution < 1.29 is 4.79 Å². The molecule has 0 bridgehead atoms. The second kappa shape index (κ2) is 5.01. The highest BCUT2D eigenvalue weighted by atomic mass is 16.1. The molecule has 2 aromatic rings. The van der Waals surface area contributed by atoms with Gasteiger partial charge >= 0.3 is 0 Å². The molecule has 1 aromatic heterocycles. The molecule has 104 valence electrons. The van der Waals surface area contributed by atoms with E-state index >= 15 is 0 Å². The zero-order valence-electron chi connectivity index (χ0n) is 12.2. The van der Waals surface area contributed by atoms with Gasteiger partial charge in [-0.1, -0.05) is 32.0 Å². The van der Waals surface area contributed by atoms with Gasteiger partial charge in [-0.15, -0.1) is 0 Å². The van der Waals surface area contributed by atoms with E-state index in [0.29, 0.717) is 5.41 Å². The lowest BCUT2D eigenvalue weighted by Gasteiger charge is -2.33. The van der Waals surface area contributed by atoms with Gasteiger partial charge in [0, 0.05) is 23.1 Å². The molecule has 2 heteroatoms.